The highest BCUT2D eigenvalue weighted by atomic mass is 32.1. The van der Waals surface area contributed by atoms with Crippen molar-refractivity contribution in [2.75, 3.05) is 12.4 Å². The van der Waals surface area contributed by atoms with E-state index in [2.05, 4.69) is 24.5 Å². The molecule has 0 aliphatic carbocycles. The average molecular weight is 441 g/mol. The summed E-state index contributed by atoms with van der Waals surface area (Å²) < 4.78 is 10.7. The van der Waals surface area contributed by atoms with Gasteiger partial charge in [-0.2, -0.15) is 0 Å². The Morgan fingerprint density at radius 1 is 1.19 bits per heavy atom. The van der Waals surface area contributed by atoms with Crippen molar-refractivity contribution >= 4 is 39.2 Å². The zero-order valence-electron chi connectivity index (χ0n) is 18.0. The van der Waals surface area contributed by atoms with Gasteiger partial charge in [0.2, 0.25) is 0 Å². The molecule has 162 valence electrons. The SMILES string of the molecule is COC(=O)c1c(NC(=O)c2cc(=O)c3ccccc3o2)sc2c1CC(C)(C)NC2(C)C. The van der Waals surface area contributed by atoms with Crippen LogP contribution in [0.15, 0.2) is 39.5 Å². The number of hydrogen-bond acceptors (Lipinski definition) is 7. The number of para-hydroxylation sites is 1. The summed E-state index contributed by atoms with van der Waals surface area (Å²) in [5.41, 5.74) is 0.585. The lowest BCUT2D eigenvalue weighted by molar-refractivity contribution is 0.0600. The number of ether oxygens (including phenoxy) is 1. The number of thiophene rings is 1. The van der Waals surface area contributed by atoms with E-state index in [9.17, 15) is 14.4 Å². The van der Waals surface area contributed by atoms with E-state index in [1.54, 1.807) is 24.3 Å². The number of carbonyl (C=O) groups excluding carboxylic acids is 2. The minimum absolute atomic E-state index is 0.122. The lowest BCUT2D eigenvalue weighted by atomic mass is 9.81. The van der Waals surface area contributed by atoms with Crippen LogP contribution >= 0.6 is 11.3 Å². The number of rotatable bonds is 3. The molecule has 1 aliphatic heterocycles. The standard InChI is InChI=1S/C23H24N2O5S/c1-22(2)11-13-17(21(28)29-5)20(31-18(13)23(3,4)25-22)24-19(27)16-10-14(26)12-8-6-7-9-15(12)30-16/h6-10,25H,11H2,1-5H3,(H,24,27). The molecule has 0 spiro atoms. The second-order valence-electron chi connectivity index (χ2n) is 8.84. The van der Waals surface area contributed by atoms with Gasteiger partial charge in [-0.25, -0.2) is 4.79 Å². The van der Waals surface area contributed by atoms with Gasteiger partial charge < -0.3 is 19.8 Å². The van der Waals surface area contributed by atoms with Crippen molar-refractivity contribution in [2.24, 2.45) is 0 Å². The van der Waals surface area contributed by atoms with Gasteiger partial charge in [-0.05, 0) is 51.8 Å². The summed E-state index contributed by atoms with van der Waals surface area (Å²) in [7, 11) is 1.32. The minimum Gasteiger partial charge on any atom is -0.465 e. The van der Waals surface area contributed by atoms with Crippen molar-refractivity contribution in [2.45, 2.75) is 45.2 Å². The molecule has 0 bridgehead atoms. The van der Waals surface area contributed by atoms with Crippen LogP contribution in [0.5, 0.6) is 0 Å². The summed E-state index contributed by atoms with van der Waals surface area (Å²) in [5.74, 6) is -1.23. The van der Waals surface area contributed by atoms with E-state index in [-0.39, 0.29) is 16.7 Å². The Morgan fingerprint density at radius 2 is 1.90 bits per heavy atom. The van der Waals surface area contributed by atoms with Gasteiger partial charge in [0.05, 0.1) is 18.1 Å². The Bertz CT molecular complexity index is 1270. The van der Waals surface area contributed by atoms with E-state index >= 15 is 0 Å². The maximum absolute atomic E-state index is 13.0. The van der Waals surface area contributed by atoms with E-state index in [1.807, 2.05) is 13.8 Å². The topological polar surface area (TPSA) is 97.6 Å². The number of amides is 1. The van der Waals surface area contributed by atoms with Gasteiger partial charge in [-0.3, -0.25) is 9.59 Å². The number of fused-ring (bicyclic) bond motifs is 2. The van der Waals surface area contributed by atoms with Crippen LogP contribution in [0.1, 0.15) is 59.0 Å². The highest BCUT2D eigenvalue weighted by Gasteiger charge is 2.42. The van der Waals surface area contributed by atoms with Crippen molar-refractivity contribution in [1.82, 2.24) is 5.32 Å². The van der Waals surface area contributed by atoms with Crippen LogP contribution in [0.2, 0.25) is 0 Å². The van der Waals surface area contributed by atoms with Crippen LogP contribution in [-0.2, 0) is 16.7 Å². The molecule has 1 amide bonds. The molecule has 1 aliphatic rings. The van der Waals surface area contributed by atoms with E-state index in [4.69, 9.17) is 9.15 Å². The lowest BCUT2D eigenvalue weighted by Crippen LogP contribution is -2.55. The molecular formula is C23H24N2O5S. The zero-order chi connectivity index (χ0) is 22.6. The van der Waals surface area contributed by atoms with Gasteiger partial charge in [0.1, 0.15) is 10.6 Å². The average Bonchev–Trinajstić information content (AvgIpc) is 3.04. The molecule has 0 atom stereocenters. The van der Waals surface area contributed by atoms with Crippen LogP contribution in [0.3, 0.4) is 0 Å². The number of hydrogen-bond donors (Lipinski definition) is 2. The molecule has 3 heterocycles. The predicted molar refractivity (Wildman–Crippen MR) is 120 cm³/mol. The van der Waals surface area contributed by atoms with E-state index in [0.29, 0.717) is 28.0 Å². The van der Waals surface area contributed by atoms with Gasteiger partial charge in [0.25, 0.3) is 5.91 Å². The highest BCUT2D eigenvalue weighted by Crippen LogP contribution is 2.45. The van der Waals surface area contributed by atoms with Crippen LogP contribution in [0.4, 0.5) is 5.00 Å². The molecule has 0 radical (unpaired) electrons. The summed E-state index contributed by atoms with van der Waals surface area (Å²) in [6.45, 7) is 8.22. The lowest BCUT2D eigenvalue weighted by Gasteiger charge is -2.42. The number of carbonyl (C=O) groups is 2. The Balaban J connectivity index is 1.79. The Hall–Kier alpha value is -2.97. The molecular weight excluding hydrogens is 416 g/mol. The predicted octanol–water partition coefficient (Wildman–Crippen LogP) is 4.05. The molecule has 1 aromatic carbocycles. The molecule has 2 N–H and O–H groups in total. The molecule has 0 saturated heterocycles. The van der Waals surface area contributed by atoms with Crippen molar-refractivity contribution in [3.63, 3.8) is 0 Å². The molecule has 0 saturated carbocycles. The van der Waals surface area contributed by atoms with Crippen LogP contribution in [0.25, 0.3) is 11.0 Å². The zero-order valence-corrected chi connectivity index (χ0v) is 18.9. The second-order valence-corrected chi connectivity index (χ2v) is 9.86. The first kappa shape index (κ1) is 21.3. The molecule has 4 rings (SSSR count). The monoisotopic (exact) mass is 440 g/mol. The van der Waals surface area contributed by atoms with Gasteiger partial charge in [-0.15, -0.1) is 11.3 Å². The summed E-state index contributed by atoms with van der Waals surface area (Å²) in [6.07, 6.45) is 0.605. The van der Waals surface area contributed by atoms with E-state index in [1.165, 1.54) is 18.4 Å². The quantitative estimate of drug-likeness (QED) is 0.596. The van der Waals surface area contributed by atoms with Crippen molar-refractivity contribution in [3.8, 4) is 0 Å². The highest BCUT2D eigenvalue weighted by molar-refractivity contribution is 7.17. The van der Waals surface area contributed by atoms with Crippen LogP contribution < -0.4 is 16.1 Å². The van der Waals surface area contributed by atoms with Crippen LogP contribution in [0, 0.1) is 0 Å². The first-order valence-electron chi connectivity index (χ1n) is 9.90. The molecule has 31 heavy (non-hydrogen) atoms. The fourth-order valence-electron chi connectivity index (χ4n) is 4.31. The van der Waals surface area contributed by atoms with Crippen LogP contribution in [-0.4, -0.2) is 24.5 Å². The van der Waals surface area contributed by atoms with Gasteiger partial charge >= 0.3 is 5.97 Å². The summed E-state index contributed by atoms with van der Waals surface area (Å²) in [6, 6.07) is 7.90. The van der Waals surface area contributed by atoms with E-state index in [0.717, 1.165) is 16.5 Å². The largest absolute Gasteiger partial charge is 0.465 e. The molecule has 0 fully saturated rings. The second kappa shape index (κ2) is 7.32. The van der Waals surface area contributed by atoms with Crippen molar-refractivity contribution in [3.05, 3.63) is 62.3 Å². The normalized spacial score (nSPS) is 16.5. The summed E-state index contributed by atoms with van der Waals surface area (Å²) in [4.78, 5) is 39.0. The fraction of sp³-hybridized carbons (Fsp3) is 0.348. The maximum atomic E-state index is 13.0. The molecule has 2 aromatic heterocycles. The summed E-state index contributed by atoms with van der Waals surface area (Å²) in [5, 5.41) is 7.14. The van der Waals surface area contributed by atoms with Crippen molar-refractivity contribution in [1.29, 1.82) is 0 Å². The minimum atomic E-state index is -0.600. The van der Waals surface area contributed by atoms with Crippen molar-refractivity contribution < 1.29 is 18.7 Å². The number of anilines is 1. The summed E-state index contributed by atoms with van der Waals surface area (Å²) >= 11 is 1.33. The third-order valence-electron chi connectivity index (χ3n) is 5.32. The molecule has 8 heteroatoms. The number of nitrogens with one attached hydrogen (secondary N) is 2. The Labute approximate surface area is 183 Å². The first-order valence-corrected chi connectivity index (χ1v) is 10.7. The third kappa shape index (κ3) is 3.77. The maximum Gasteiger partial charge on any atom is 0.341 e. The Morgan fingerprint density at radius 3 is 2.61 bits per heavy atom. The smallest absolute Gasteiger partial charge is 0.341 e. The van der Waals surface area contributed by atoms with Gasteiger partial charge in [-0.1, -0.05) is 12.1 Å². The third-order valence-corrected chi connectivity index (χ3v) is 6.79. The molecule has 3 aromatic rings. The van der Waals surface area contributed by atoms with Gasteiger partial charge in [0, 0.05) is 22.0 Å². The molecule has 0 unspecified atom stereocenters. The number of benzene rings is 1. The number of methoxy groups -OCH3 is 1. The molecule has 7 nitrogen and oxygen atoms in total. The van der Waals surface area contributed by atoms with Gasteiger partial charge in [0.15, 0.2) is 11.2 Å². The van der Waals surface area contributed by atoms with E-state index < -0.39 is 17.4 Å². The number of esters is 1. The fourth-order valence-corrected chi connectivity index (χ4v) is 5.57. The Kier molecular flexibility index (Phi) is 5.02. The first-order chi connectivity index (χ1) is 14.5.